The van der Waals surface area contributed by atoms with Crippen LogP contribution in [0.25, 0.3) is 0 Å². The highest BCUT2D eigenvalue weighted by molar-refractivity contribution is 4.43. The molecule has 0 aliphatic rings. The summed E-state index contributed by atoms with van der Waals surface area (Å²) in [6, 6.07) is 0. The van der Waals surface area contributed by atoms with Gasteiger partial charge in [-0.2, -0.15) is 0 Å². The molecule has 2 nitrogen and oxygen atoms in total. The fourth-order valence-electron chi connectivity index (χ4n) is 1.95. The Labute approximate surface area is 110 Å². The van der Waals surface area contributed by atoms with Crippen LogP contribution in [0.3, 0.4) is 0 Å². The fourth-order valence-corrected chi connectivity index (χ4v) is 1.95. The third kappa shape index (κ3) is 13.9. The molecule has 0 bridgehead atoms. The molecule has 0 aromatic heterocycles. The Hall–Kier alpha value is -0.0800. The second kappa shape index (κ2) is 14.0. The van der Waals surface area contributed by atoms with E-state index in [1.807, 2.05) is 0 Å². The Morgan fingerprint density at radius 1 is 0.706 bits per heavy atom. The minimum absolute atomic E-state index is 0. The van der Waals surface area contributed by atoms with Crippen molar-refractivity contribution in [2.75, 3.05) is 33.3 Å². The van der Waals surface area contributed by atoms with E-state index < -0.39 is 0 Å². The van der Waals surface area contributed by atoms with Gasteiger partial charge in [-0.05, 0) is 19.3 Å². The maximum absolute atomic E-state index is 8.93. The van der Waals surface area contributed by atoms with Gasteiger partial charge >= 0.3 is 0 Å². The molecule has 0 saturated carbocycles. The molecule has 0 aliphatic heterocycles. The number of rotatable bonds is 9. The molecule has 0 atom stereocenters. The highest BCUT2D eigenvalue weighted by atomic mass is 16.2. The molecule has 0 saturated heterocycles. The van der Waals surface area contributed by atoms with E-state index in [0.717, 1.165) is 0 Å². The molecule has 0 spiro atoms. The summed E-state index contributed by atoms with van der Waals surface area (Å²) >= 11 is 0. The highest BCUT2D eigenvalue weighted by Crippen LogP contribution is 2.10. The maximum Gasteiger partial charge on any atom is 0.0784 e. The lowest BCUT2D eigenvalue weighted by Crippen LogP contribution is -2.46. The maximum atomic E-state index is 8.93. The van der Waals surface area contributed by atoms with Crippen LogP contribution >= 0.6 is 0 Å². The zero-order chi connectivity index (χ0) is 13.6. The molecule has 0 heterocycles. The van der Waals surface area contributed by atoms with E-state index >= 15 is 0 Å². The summed E-state index contributed by atoms with van der Waals surface area (Å²) in [7, 11) is 2.45. The first-order chi connectivity index (χ1) is 8.10. The molecule has 2 heteroatoms. The van der Waals surface area contributed by atoms with Crippen LogP contribution < -0.4 is 5.11 Å². The normalized spacial score (nSPS) is 10.9. The van der Waals surface area contributed by atoms with Gasteiger partial charge in [-0.25, -0.2) is 0 Å². The van der Waals surface area contributed by atoms with Gasteiger partial charge in [0, 0.05) is 0 Å². The van der Waals surface area contributed by atoms with Gasteiger partial charge in [0.1, 0.15) is 0 Å². The van der Waals surface area contributed by atoms with Gasteiger partial charge in [0.15, 0.2) is 0 Å². The molecule has 0 fully saturated rings. The second-order valence-electron chi connectivity index (χ2n) is 5.14. The van der Waals surface area contributed by atoms with Crippen LogP contribution in [0.15, 0.2) is 0 Å². The van der Waals surface area contributed by atoms with Crippen molar-refractivity contribution in [2.45, 2.75) is 66.2 Å². The number of hydrogen-bond acceptors (Lipinski definition) is 1. The summed E-state index contributed by atoms with van der Waals surface area (Å²) in [5.41, 5.74) is 0. The van der Waals surface area contributed by atoms with Crippen LogP contribution in [0.1, 0.15) is 66.2 Å². The smallest absolute Gasteiger partial charge is 0.0784 e. The summed E-state index contributed by atoms with van der Waals surface area (Å²) in [6.07, 6.45) is 8.20. The van der Waals surface area contributed by atoms with Gasteiger partial charge in [-0.15, -0.1) is 6.61 Å². The molecule has 0 rings (SSSR count). The topological polar surface area (TPSA) is 23.1 Å². The largest absolute Gasteiger partial charge is 0.855 e. The molecule has 0 unspecified atom stereocenters. The Bertz CT molecular complexity index is 115. The predicted molar refractivity (Wildman–Crippen MR) is 76.1 cm³/mol. The van der Waals surface area contributed by atoms with E-state index in [2.05, 4.69) is 27.8 Å². The van der Waals surface area contributed by atoms with Crippen molar-refractivity contribution in [2.24, 2.45) is 0 Å². The monoisotopic (exact) mass is 245 g/mol. The lowest BCUT2D eigenvalue weighted by molar-refractivity contribution is -0.910. The molecule has 17 heavy (non-hydrogen) atoms. The lowest BCUT2D eigenvalue weighted by atomic mass is 10.2. The van der Waals surface area contributed by atoms with Crippen molar-refractivity contribution in [1.29, 1.82) is 0 Å². The fraction of sp³-hybridized carbons (Fsp3) is 1.00. The van der Waals surface area contributed by atoms with E-state index in [9.17, 15) is 0 Å². The Morgan fingerprint density at radius 2 is 0.941 bits per heavy atom. The lowest BCUT2D eigenvalue weighted by Gasteiger charge is -2.34. The molecule has 106 valence electrons. The Kier molecular flexibility index (Phi) is 15.8. The Morgan fingerprint density at radius 3 is 1.12 bits per heavy atom. The van der Waals surface area contributed by atoms with Crippen molar-refractivity contribution < 1.29 is 9.59 Å². The quantitative estimate of drug-likeness (QED) is 0.572. The summed E-state index contributed by atoms with van der Waals surface area (Å²) in [5.74, 6) is 0. The van der Waals surface area contributed by atoms with E-state index in [-0.39, 0.29) is 6.61 Å². The first-order valence-corrected chi connectivity index (χ1v) is 7.51. The van der Waals surface area contributed by atoms with Gasteiger partial charge in [-0.1, -0.05) is 47.0 Å². The van der Waals surface area contributed by atoms with Crippen LogP contribution in [0.2, 0.25) is 0 Å². The minimum Gasteiger partial charge on any atom is -0.855 e. The van der Waals surface area contributed by atoms with Crippen molar-refractivity contribution in [3.63, 3.8) is 0 Å². The standard InChI is InChI=1S/C13H30N.C2H5O/c1-5-8-11-14(4,12-9-6-2)13-10-7-3;1-2-3/h5-13H2,1-4H3;2H2,1H3/q+1;-1. The number of nitrogens with zero attached hydrogens (tertiary/aromatic N) is 1. The molecule has 0 radical (unpaired) electrons. The SMILES string of the molecule is CCCC[N+](C)(CCCC)CCCC.CC[O-]. The van der Waals surface area contributed by atoms with E-state index in [4.69, 9.17) is 5.11 Å². The summed E-state index contributed by atoms with van der Waals surface area (Å²) in [5, 5.41) is 8.93. The van der Waals surface area contributed by atoms with E-state index in [0.29, 0.717) is 0 Å². The van der Waals surface area contributed by atoms with Gasteiger partial charge < -0.3 is 9.59 Å². The van der Waals surface area contributed by atoms with Crippen LogP contribution in [0.5, 0.6) is 0 Å². The third-order valence-electron chi connectivity index (χ3n) is 3.15. The zero-order valence-electron chi connectivity index (χ0n) is 12.9. The van der Waals surface area contributed by atoms with Crippen LogP contribution in [-0.4, -0.2) is 37.8 Å². The highest BCUT2D eigenvalue weighted by Gasteiger charge is 2.18. The van der Waals surface area contributed by atoms with Gasteiger partial charge in [0.05, 0.1) is 26.7 Å². The molecular weight excluding hydrogens is 210 g/mol. The van der Waals surface area contributed by atoms with Gasteiger partial charge in [-0.3, -0.25) is 0 Å². The Balaban J connectivity index is 0. The second-order valence-corrected chi connectivity index (χ2v) is 5.14. The van der Waals surface area contributed by atoms with E-state index in [1.165, 1.54) is 62.6 Å². The molecule has 0 aliphatic carbocycles. The van der Waals surface area contributed by atoms with Crippen molar-refractivity contribution in [3.05, 3.63) is 0 Å². The number of quaternary nitrogens is 1. The zero-order valence-corrected chi connectivity index (χ0v) is 12.9. The van der Waals surface area contributed by atoms with Crippen molar-refractivity contribution in [1.82, 2.24) is 0 Å². The van der Waals surface area contributed by atoms with Gasteiger partial charge in [0.2, 0.25) is 0 Å². The van der Waals surface area contributed by atoms with Gasteiger partial charge in [0.25, 0.3) is 0 Å². The first kappa shape index (κ1) is 19.3. The molecular formula is C15H35NO. The van der Waals surface area contributed by atoms with Crippen molar-refractivity contribution in [3.8, 4) is 0 Å². The summed E-state index contributed by atoms with van der Waals surface area (Å²) in [4.78, 5) is 0. The van der Waals surface area contributed by atoms with E-state index in [1.54, 1.807) is 6.92 Å². The average molecular weight is 245 g/mol. The minimum atomic E-state index is 0. The molecule has 0 N–H and O–H groups in total. The third-order valence-corrected chi connectivity index (χ3v) is 3.15. The molecule has 0 aromatic rings. The number of unbranched alkanes of at least 4 members (excludes halogenated alkanes) is 3. The van der Waals surface area contributed by atoms with Crippen LogP contribution in [0.4, 0.5) is 0 Å². The van der Waals surface area contributed by atoms with Crippen LogP contribution in [-0.2, 0) is 0 Å². The first-order valence-electron chi connectivity index (χ1n) is 7.51. The molecule has 0 aromatic carbocycles. The summed E-state index contributed by atoms with van der Waals surface area (Å²) < 4.78 is 1.32. The number of hydrogen-bond donors (Lipinski definition) is 0. The van der Waals surface area contributed by atoms with Crippen molar-refractivity contribution >= 4 is 0 Å². The molecule has 0 amide bonds. The summed E-state index contributed by atoms with van der Waals surface area (Å²) in [6.45, 7) is 12.6. The predicted octanol–water partition coefficient (Wildman–Crippen LogP) is 3.20. The average Bonchev–Trinajstić information content (AvgIpc) is 2.33. The van der Waals surface area contributed by atoms with Crippen LogP contribution in [0, 0.1) is 0 Å².